The number of nitro benzene ring substituents is 1. The van der Waals surface area contributed by atoms with E-state index in [9.17, 15) is 10.1 Å². The summed E-state index contributed by atoms with van der Waals surface area (Å²) < 4.78 is 5.43. The maximum absolute atomic E-state index is 11.1. The van der Waals surface area contributed by atoms with E-state index >= 15 is 0 Å². The molecule has 1 aromatic carbocycles. The van der Waals surface area contributed by atoms with Crippen LogP contribution >= 0.6 is 0 Å². The van der Waals surface area contributed by atoms with Crippen molar-refractivity contribution in [2.24, 2.45) is 5.92 Å². The predicted molar refractivity (Wildman–Crippen MR) is 81.4 cm³/mol. The number of aliphatic hydroxyl groups excluding tert-OH is 1. The Bertz CT molecular complexity index is 483. The SMILES string of the molecule is CC(CO)COc1ccc(CNC(C)(C)C)cc1[N+](=O)[O-]. The minimum absolute atomic E-state index is 0.0125. The van der Waals surface area contributed by atoms with Crippen molar-refractivity contribution >= 4 is 5.69 Å². The largest absolute Gasteiger partial charge is 0.486 e. The van der Waals surface area contributed by atoms with Crippen LogP contribution in [0.5, 0.6) is 5.75 Å². The Hall–Kier alpha value is -1.66. The van der Waals surface area contributed by atoms with Crippen LogP contribution in [0.3, 0.4) is 0 Å². The van der Waals surface area contributed by atoms with Crippen molar-refractivity contribution in [3.8, 4) is 5.75 Å². The van der Waals surface area contributed by atoms with Gasteiger partial charge in [0.1, 0.15) is 0 Å². The van der Waals surface area contributed by atoms with E-state index in [1.165, 1.54) is 6.07 Å². The van der Waals surface area contributed by atoms with Crippen molar-refractivity contribution in [1.29, 1.82) is 0 Å². The number of nitrogens with zero attached hydrogens (tertiary/aromatic N) is 1. The van der Waals surface area contributed by atoms with E-state index in [2.05, 4.69) is 5.32 Å². The van der Waals surface area contributed by atoms with Crippen molar-refractivity contribution < 1.29 is 14.8 Å². The van der Waals surface area contributed by atoms with Crippen LogP contribution in [0.15, 0.2) is 18.2 Å². The Morgan fingerprint density at radius 2 is 2.10 bits per heavy atom. The number of hydrogen-bond acceptors (Lipinski definition) is 5. The molecule has 0 amide bonds. The molecule has 1 rings (SSSR count). The lowest BCUT2D eigenvalue weighted by Crippen LogP contribution is -2.35. The molecule has 0 aliphatic rings. The fourth-order valence-corrected chi connectivity index (χ4v) is 1.59. The number of rotatable bonds is 7. The van der Waals surface area contributed by atoms with E-state index in [0.29, 0.717) is 6.54 Å². The number of ether oxygens (including phenoxy) is 1. The van der Waals surface area contributed by atoms with E-state index in [1.807, 2.05) is 33.8 Å². The van der Waals surface area contributed by atoms with Crippen molar-refractivity contribution in [3.05, 3.63) is 33.9 Å². The van der Waals surface area contributed by atoms with E-state index in [0.717, 1.165) is 5.56 Å². The van der Waals surface area contributed by atoms with E-state index < -0.39 is 4.92 Å². The average Bonchev–Trinajstić information content (AvgIpc) is 2.41. The second kappa shape index (κ2) is 7.38. The van der Waals surface area contributed by atoms with Gasteiger partial charge in [-0.1, -0.05) is 13.0 Å². The molecule has 0 saturated heterocycles. The molecule has 1 unspecified atom stereocenters. The molecule has 0 aliphatic heterocycles. The van der Waals surface area contributed by atoms with Gasteiger partial charge in [-0.15, -0.1) is 0 Å². The average molecular weight is 296 g/mol. The summed E-state index contributed by atoms with van der Waals surface area (Å²) in [6, 6.07) is 4.95. The summed E-state index contributed by atoms with van der Waals surface area (Å²) in [5, 5.41) is 23.4. The standard InChI is InChI=1S/C15H24N2O4/c1-11(9-18)10-21-14-6-5-12(7-13(14)17(19)20)8-16-15(2,3)4/h5-7,11,16,18H,8-10H2,1-4H3. The third kappa shape index (κ3) is 6.10. The van der Waals surface area contributed by atoms with Crippen molar-refractivity contribution in [2.75, 3.05) is 13.2 Å². The highest BCUT2D eigenvalue weighted by atomic mass is 16.6. The van der Waals surface area contributed by atoms with Crippen LogP contribution in [-0.4, -0.2) is 28.8 Å². The van der Waals surface area contributed by atoms with Gasteiger partial charge in [0.05, 0.1) is 11.5 Å². The van der Waals surface area contributed by atoms with Gasteiger partial charge in [0.15, 0.2) is 5.75 Å². The lowest BCUT2D eigenvalue weighted by Gasteiger charge is -2.20. The summed E-state index contributed by atoms with van der Waals surface area (Å²) in [6.45, 7) is 8.71. The van der Waals surface area contributed by atoms with Gasteiger partial charge in [0.2, 0.25) is 0 Å². The van der Waals surface area contributed by atoms with Crippen LogP contribution in [0.2, 0.25) is 0 Å². The first kappa shape index (κ1) is 17.4. The molecule has 0 aliphatic carbocycles. The first-order valence-corrected chi connectivity index (χ1v) is 6.99. The monoisotopic (exact) mass is 296 g/mol. The molecule has 0 fully saturated rings. The normalized spacial score (nSPS) is 13.0. The minimum Gasteiger partial charge on any atom is -0.486 e. The molecular weight excluding hydrogens is 272 g/mol. The Morgan fingerprint density at radius 3 is 2.62 bits per heavy atom. The van der Waals surface area contributed by atoms with E-state index in [4.69, 9.17) is 9.84 Å². The van der Waals surface area contributed by atoms with Gasteiger partial charge in [-0.3, -0.25) is 10.1 Å². The molecule has 1 aromatic rings. The van der Waals surface area contributed by atoms with Crippen LogP contribution in [0, 0.1) is 16.0 Å². The number of nitrogens with one attached hydrogen (secondary N) is 1. The number of nitro groups is 1. The van der Waals surface area contributed by atoms with Crippen molar-refractivity contribution in [3.63, 3.8) is 0 Å². The topological polar surface area (TPSA) is 84.6 Å². The van der Waals surface area contributed by atoms with Crippen LogP contribution in [-0.2, 0) is 6.54 Å². The van der Waals surface area contributed by atoms with Crippen LogP contribution in [0.25, 0.3) is 0 Å². The Labute approximate surface area is 125 Å². The molecule has 0 bridgehead atoms. The molecule has 21 heavy (non-hydrogen) atoms. The Balaban J connectivity index is 2.84. The molecule has 6 nitrogen and oxygen atoms in total. The van der Waals surface area contributed by atoms with Gasteiger partial charge in [0, 0.05) is 30.7 Å². The lowest BCUT2D eigenvalue weighted by molar-refractivity contribution is -0.386. The maximum Gasteiger partial charge on any atom is 0.311 e. The molecule has 0 spiro atoms. The van der Waals surface area contributed by atoms with Crippen LogP contribution in [0.4, 0.5) is 5.69 Å². The summed E-state index contributed by atoms with van der Waals surface area (Å²) in [5.41, 5.74) is 0.730. The zero-order valence-corrected chi connectivity index (χ0v) is 13.0. The van der Waals surface area contributed by atoms with E-state index in [1.54, 1.807) is 6.07 Å². The van der Waals surface area contributed by atoms with Gasteiger partial charge in [-0.2, -0.15) is 0 Å². The smallest absolute Gasteiger partial charge is 0.311 e. The Kier molecular flexibility index (Phi) is 6.11. The van der Waals surface area contributed by atoms with Gasteiger partial charge in [0.25, 0.3) is 0 Å². The quantitative estimate of drug-likeness (QED) is 0.596. The zero-order chi connectivity index (χ0) is 16.0. The third-order valence-electron chi connectivity index (χ3n) is 2.88. The third-order valence-corrected chi connectivity index (χ3v) is 2.88. The summed E-state index contributed by atoms with van der Waals surface area (Å²) in [6.07, 6.45) is 0. The number of benzene rings is 1. The molecule has 2 N–H and O–H groups in total. The molecule has 0 saturated carbocycles. The zero-order valence-electron chi connectivity index (χ0n) is 13.0. The fourth-order valence-electron chi connectivity index (χ4n) is 1.59. The second-order valence-corrected chi connectivity index (χ2v) is 6.26. The summed E-state index contributed by atoms with van der Waals surface area (Å²) in [4.78, 5) is 10.7. The molecule has 0 heterocycles. The Morgan fingerprint density at radius 1 is 1.43 bits per heavy atom. The van der Waals surface area contributed by atoms with Gasteiger partial charge >= 0.3 is 5.69 Å². The molecule has 0 aromatic heterocycles. The first-order chi connectivity index (χ1) is 9.73. The predicted octanol–water partition coefficient (Wildman–Crippen LogP) is 2.49. The minimum atomic E-state index is -0.445. The van der Waals surface area contributed by atoms with Crippen LogP contribution < -0.4 is 10.1 Å². The molecule has 0 radical (unpaired) electrons. The van der Waals surface area contributed by atoms with Gasteiger partial charge < -0.3 is 15.2 Å². The second-order valence-electron chi connectivity index (χ2n) is 6.26. The van der Waals surface area contributed by atoms with Crippen LogP contribution in [0.1, 0.15) is 33.3 Å². The molecular formula is C15H24N2O4. The maximum atomic E-state index is 11.1. The van der Waals surface area contributed by atoms with Gasteiger partial charge in [-0.05, 0) is 32.4 Å². The molecule has 1 atom stereocenters. The number of hydrogen-bond donors (Lipinski definition) is 2. The fraction of sp³-hybridized carbons (Fsp3) is 0.600. The summed E-state index contributed by atoms with van der Waals surface area (Å²) >= 11 is 0. The lowest BCUT2D eigenvalue weighted by atomic mass is 10.1. The molecule has 118 valence electrons. The number of aliphatic hydroxyl groups is 1. The van der Waals surface area contributed by atoms with Crippen molar-refractivity contribution in [2.45, 2.75) is 39.8 Å². The van der Waals surface area contributed by atoms with Crippen molar-refractivity contribution in [1.82, 2.24) is 5.32 Å². The van der Waals surface area contributed by atoms with E-state index in [-0.39, 0.29) is 36.1 Å². The summed E-state index contributed by atoms with van der Waals surface area (Å²) in [7, 11) is 0. The summed E-state index contributed by atoms with van der Waals surface area (Å²) in [5.74, 6) is 0.173. The molecule has 6 heteroatoms. The first-order valence-electron chi connectivity index (χ1n) is 6.99. The highest BCUT2D eigenvalue weighted by Gasteiger charge is 2.17. The highest BCUT2D eigenvalue weighted by Crippen LogP contribution is 2.28. The highest BCUT2D eigenvalue weighted by molar-refractivity contribution is 5.48. The van der Waals surface area contributed by atoms with Gasteiger partial charge in [-0.25, -0.2) is 0 Å².